The van der Waals surface area contributed by atoms with Gasteiger partial charge in [0.25, 0.3) is 0 Å². The van der Waals surface area contributed by atoms with Crippen LogP contribution in [-0.4, -0.2) is 31.1 Å². The molecule has 18 heavy (non-hydrogen) atoms. The molecule has 1 N–H and O–H groups in total. The summed E-state index contributed by atoms with van der Waals surface area (Å²) in [5.41, 5.74) is 3.00. The van der Waals surface area contributed by atoms with Crippen LogP contribution in [0.2, 0.25) is 0 Å². The lowest BCUT2D eigenvalue weighted by Gasteiger charge is -2.43. The number of rotatable bonds is 3. The molecule has 2 heteroatoms. The second kappa shape index (κ2) is 5.41. The van der Waals surface area contributed by atoms with Gasteiger partial charge in [-0.1, -0.05) is 31.2 Å². The minimum absolute atomic E-state index is 0.449. The van der Waals surface area contributed by atoms with Crippen LogP contribution in [0.15, 0.2) is 24.3 Å². The van der Waals surface area contributed by atoms with Crippen molar-refractivity contribution in [2.24, 2.45) is 0 Å². The molecule has 0 fully saturated rings. The average Bonchev–Trinajstić information content (AvgIpc) is 2.37. The third kappa shape index (κ3) is 2.32. The van der Waals surface area contributed by atoms with Gasteiger partial charge in [-0.3, -0.25) is 4.90 Å². The fourth-order valence-corrected chi connectivity index (χ4v) is 3.21. The lowest BCUT2D eigenvalue weighted by Crippen LogP contribution is -2.47. The number of hydrogen-bond acceptors (Lipinski definition) is 2. The topological polar surface area (TPSA) is 15.3 Å². The predicted molar refractivity (Wildman–Crippen MR) is 78.0 cm³/mol. The van der Waals surface area contributed by atoms with E-state index in [2.05, 4.69) is 69.3 Å². The summed E-state index contributed by atoms with van der Waals surface area (Å²) in [6.07, 6.45) is 1.23. The Hall–Kier alpha value is -0.860. The molecule has 0 amide bonds. The zero-order chi connectivity index (χ0) is 13.3. The number of benzene rings is 1. The van der Waals surface area contributed by atoms with E-state index in [9.17, 15) is 0 Å². The number of nitrogens with zero attached hydrogens (tertiary/aromatic N) is 1. The summed E-state index contributed by atoms with van der Waals surface area (Å²) in [4.78, 5) is 2.51. The molecular weight excluding hydrogens is 220 g/mol. The summed E-state index contributed by atoms with van der Waals surface area (Å²) < 4.78 is 0. The molecule has 2 nitrogen and oxygen atoms in total. The van der Waals surface area contributed by atoms with Gasteiger partial charge in [0.05, 0.1) is 0 Å². The van der Waals surface area contributed by atoms with Gasteiger partial charge in [0.15, 0.2) is 0 Å². The summed E-state index contributed by atoms with van der Waals surface area (Å²) in [6, 6.07) is 10.5. The van der Waals surface area contributed by atoms with E-state index >= 15 is 0 Å². The normalized spacial score (nSPS) is 27.6. The molecule has 1 aromatic carbocycles. The molecule has 0 aromatic heterocycles. The lowest BCUT2D eigenvalue weighted by molar-refractivity contribution is 0.135. The van der Waals surface area contributed by atoms with Crippen molar-refractivity contribution in [3.05, 3.63) is 35.4 Å². The minimum Gasteiger partial charge on any atom is -0.312 e. The van der Waals surface area contributed by atoms with Crippen LogP contribution < -0.4 is 5.32 Å². The van der Waals surface area contributed by atoms with Gasteiger partial charge in [0.2, 0.25) is 0 Å². The van der Waals surface area contributed by atoms with Gasteiger partial charge in [0.1, 0.15) is 0 Å². The highest BCUT2D eigenvalue weighted by molar-refractivity contribution is 5.36. The minimum atomic E-state index is 0.449. The van der Waals surface area contributed by atoms with E-state index < -0.39 is 0 Å². The predicted octanol–water partition coefficient (Wildman–Crippen LogP) is 3.16. The first kappa shape index (κ1) is 13.6. The zero-order valence-corrected chi connectivity index (χ0v) is 12.3. The van der Waals surface area contributed by atoms with Crippen LogP contribution >= 0.6 is 0 Å². The molecule has 0 heterocycles. The van der Waals surface area contributed by atoms with Crippen molar-refractivity contribution < 1.29 is 0 Å². The fourth-order valence-electron chi connectivity index (χ4n) is 3.21. The number of likely N-dealkylation sites (N-methyl/N-ethyl adjacent to an activating group) is 2. The lowest BCUT2D eigenvalue weighted by atomic mass is 9.77. The molecule has 0 saturated carbocycles. The highest BCUT2D eigenvalue weighted by atomic mass is 15.2. The van der Waals surface area contributed by atoms with Gasteiger partial charge >= 0.3 is 0 Å². The quantitative estimate of drug-likeness (QED) is 0.881. The van der Waals surface area contributed by atoms with Gasteiger partial charge in [-0.15, -0.1) is 0 Å². The van der Waals surface area contributed by atoms with Gasteiger partial charge in [-0.05, 0) is 51.4 Å². The van der Waals surface area contributed by atoms with Crippen molar-refractivity contribution in [1.29, 1.82) is 0 Å². The van der Waals surface area contributed by atoms with Gasteiger partial charge in [-0.2, -0.15) is 0 Å². The van der Waals surface area contributed by atoms with E-state index in [1.54, 1.807) is 0 Å². The van der Waals surface area contributed by atoms with E-state index in [0.717, 1.165) is 0 Å². The zero-order valence-electron chi connectivity index (χ0n) is 12.3. The van der Waals surface area contributed by atoms with Crippen molar-refractivity contribution in [1.82, 2.24) is 10.2 Å². The van der Waals surface area contributed by atoms with E-state index in [0.29, 0.717) is 24.0 Å². The first-order chi connectivity index (χ1) is 8.56. The molecule has 1 aliphatic carbocycles. The molecule has 3 unspecified atom stereocenters. The first-order valence-corrected chi connectivity index (χ1v) is 7.04. The third-order valence-electron chi connectivity index (χ3n) is 4.49. The van der Waals surface area contributed by atoms with Crippen LogP contribution in [0.1, 0.15) is 50.3 Å². The fraction of sp³-hybridized carbons (Fsp3) is 0.625. The Labute approximate surface area is 111 Å². The maximum Gasteiger partial charge on any atom is 0.0478 e. The third-order valence-corrected chi connectivity index (χ3v) is 4.49. The van der Waals surface area contributed by atoms with Crippen molar-refractivity contribution in [3.63, 3.8) is 0 Å². The largest absolute Gasteiger partial charge is 0.312 e. The first-order valence-electron chi connectivity index (χ1n) is 7.04. The van der Waals surface area contributed by atoms with Crippen molar-refractivity contribution in [2.75, 3.05) is 14.1 Å². The summed E-state index contributed by atoms with van der Waals surface area (Å²) in [5.74, 6) is 0.650. The molecule has 1 aromatic rings. The van der Waals surface area contributed by atoms with Gasteiger partial charge in [-0.25, -0.2) is 0 Å². The molecule has 1 aliphatic rings. The second-order valence-corrected chi connectivity index (χ2v) is 5.86. The Balaban J connectivity index is 2.37. The number of nitrogens with one attached hydrogen (secondary N) is 1. The molecule has 100 valence electrons. The maximum atomic E-state index is 3.52. The highest BCUT2D eigenvalue weighted by Crippen LogP contribution is 2.39. The van der Waals surface area contributed by atoms with Crippen molar-refractivity contribution in [2.45, 2.75) is 51.2 Å². The van der Waals surface area contributed by atoms with E-state index in [1.807, 2.05) is 0 Å². The molecule has 3 atom stereocenters. The monoisotopic (exact) mass is 246 g/mol. The van der Waals surface area contributed by atoms with E-state index in [-0.39, 0.29) is 0 Å². The highest BCUT2D eigenvalue weighted by Gasteiger charge is 2.34. The van der Waals surface area contributed by atoms with Crippen LogP contribution in [0.4, 0.5) is 0 Å². The van der Waals surface area contributed by atoms with Crippen LogP contribution in [0.25, 0.3) is 0 Å². The van der Waals surface area contributed by atoms with Crippen LogP contribution in [0, 0.1) is 0 Å². The molecular formula is C16H26N2. The Bertz CT molecular complexity index is 400. The molecule has 0 spiro atoms. The molecule has 0 radical (unpaired) electrons. The van der Waals surface area contributed by atoms with E-state index in [4.69, 9.17) is 0 Å². The molecule has 2 rings (SSSR count). The molecule has 0 aliphatic heterocycles. The Morgan fingerprint density at radius 1 is 1.22 bits per heavy atom. The summed E-state index contributed by atoms with van der Waals surface area (Å²) in [6.45, 7) is 6.90. The summed E-state index contributed by atoms with van der Waals surface area (Å²) in [7, 11) is 4.33. The van der Waals surface area contributed by atoms with Gasteiger partial charge < -0.3 is 5.32 Å². The van der Waals surface area contributed by atoms with E-state index in [1.165, 1.54) is 17.5 Å². The Kier molecular flexibility index (Phi) is 4.08. The SMILES string of the molecule is CNC1c2ccccc2C(C)CC1N(C)C(C)C. The second-order valence-electron chi connectivity index (χ2n) is 5.86. The summed E-state index contributed by atoms with van der Waals surface area (Å²) in [5, 5.41) is 3.52. The Morgan fingerprint density at radius 3 is 2.39 bits per heavy atom. The van der Waals surface area contributed by atoms with Crippen molar-refractivity contribution >= 4 is 0 Å². The summed E-state index contributed by atoms with van der Waals surface area (Å²) >= 11 is 0. The number of hydrogen-bond donors (Lipinski definition) is 1. The standard InChI is InChI=1S/C16H26N2/c1-11(2)18(5)15-10-12(3)13-8-6-7-9-14(13)16(15)17-4/h6-9,11-12,15-17H,10H2,1-5H3. The van der Waals surface area contributed by atoms with Crippen LogP contribution in [0.5, 0.6) is 0 Å². The smallest absolute Gasteiger partial charge is 0.0478 e. The van der Waals surface area contributed by atoms with Crippen LogP contribution in [0.3, 0.4) is 0 Å². The molecule has 0 bridgehead atoms. The maximum absolute atomic E-state index is 3.52. The average molecular weight is 246 g/mol. The van der Waals surface area contributed by atoms with Crippen LogP contribution in [-0.2, 0) is 0 Å². The van der Waals surface area contributed by atoms with Crippen molar-refractivity contribution in [3.8, 4) is 0 Å². The Morgan fingerprint density at radius 2 is 1.83 bits per heavy atom. The molecule has 0 saturated heterocycles. The van der Waals surface area contributed by atoms with Gasteiger partial charge in [0, 0.05) is 18.1 Å². The number of fused-ring (bicyclic) bond motifs is 1.